The van der Waals surface area contributed by atoms with Gasteiger partial charge in [0.25, 0.3) is 10.1 Å². The first-order valence-electron chi connectivity index (χ1n) is 9.91. The minimum absolute atomic E-state index is 0.0444. The molecule has 16 heteroatoms. The van der Waals surface area contributed by atoms with Gasteiger partial charge >= 0.3 is 30.0 Å². The number of ether oxygens (including phenoxy) is 2. The average molecular weight is 541 g/mol. The quantitative estimate of drug-likeness (QED) is 0.228. The van der Waals surface area contributed by atoms with Crippen molar-refractivity contribution < 1.29 is 58.4 Å². The Bertz CT molecular complexity index is 1190. The molecule has 2 N–H and O–H groups in total. The molecule has 36 heavy (non-hydrogen) atoms. The predicted molar refractivity (Wildman–Crippen MR) is 116 cm³/mol. The monoisotopic (exact) mass is 541 g/mol. The Hall–Kier alpha value is -3.27. The van der Waals surface area contributed by atoms with Gasteiger partial charge < -0.3 is 9.47 Å². The van der Waals surface area contributed by atoms with Gasteiger partial charge in [-0.25, -0.2) is 9.59 Å². The smallest absolute Gasteiger partial charge is 0.438 e. The Labute approximate surface area is 201 Å². The molecule has 196 valence electrons. The third-order valence-electron chi connectivity index (χ3n) is 4.74. The van der Waals surface area contributed by atoms with Crippen molar-refractivity contribution in [2.45, 2.75) is 30.9 Å². The Morgan fingerprint density at radius 1 is 0.972 bits per heavy atom. The van der Waals surface area contributed by atoms with Crippen LogP contribution in [-0.2, 0) is 32.5 Å². The summed E-state index contributed by atoms with van der Waals surface area (Å²) in [4.78, 5) is 24.3. The second kappa shape index (κ2) is 10.8. The van der Waals surface area contributed by atoms with Crippen LogP contribution in [-0.4, -0.2) is 56.6 Å². The molecular formula is C20H18BF6NO7S. The highest BCUT2D eigenvalue weighted by atomic mass is 32.2. The lowest BCUT2D eigenvalue weighted by atomic mass is 9.94. The Kier molecular flexibility index (Phi) is 8.67. The lowest BCUT2D eigenvalue weighted by Crippen LogP contribution is -2.63. The first-order chi connectivity index (χ1) is 16.5. The molecule has 0 bridgehead atoms. The molecule has 0 saturated carbocycles. The number of esters is 1. The summed E-state index contributed by atoms with van der Waals surface area (Å²) in [7, 11) is -4.40. The van der Waals surface area contributed by atoms with Crippen molar-refractivity contribution in [2.75, 3.05) is 11.1 Å². The molecule has 1 amide bonds. The molecule has 0 aliphatic carbocycles. The molecule has 0 atom stereocenters. The zero-order valence-corrected chi connectivity index (χ0v) is 19.1. The number of alkyl halides is 6. The van der Waals surface area contributed by atoms with Crippen LogP contribution in [0.15, 0.2) is 48.5 Å². The van der Waals surface area contributed by atoms with Gasteiger partial charge in [-0.3, -0.25) is 9.87 Å². The van der Waals surface area contributed by atoms with E-state index in [4.69, 9.17) is 9.29 Å². The number of nitrogens with one attached hydrogen (secondary N) is 1. The number of hydrogen-bond donors (Lipinski definition) is 2. The maximum atomic E-state index is 13.4. The minimum atomic E-state index is -6.45. The third kappa shape index (κ3) is 7.13. The van der Waals surface area contributed by atoms with Crippen LogP contribution in [0.25, 0.3) is 0 Å². The van der Waals surface area contributed by atoms with Crippen LogP contribution in [0, 0.1) is 0 Å². The molecule has 0 aliphatic heterocycles. The summed E-state index contributed by atoms with van der Waals surface area (Å²) in [5, 5.41) is 2.34. The van der Waals surface area contributed by atoms with Gasteiger partial charge in [0, 0.05) is 5.69 Å². The van der Waals surface area contributed by atoms with Crippen LogP contribution in [0.4, 0.5) is 36.8 Å². The predicted octanol–water partition coefficient (Wildman–Crippen LogP) is 3.48. The number of amides is 1. The molecule has 2 rings (SSSR count). The fraction of sp³-hybridized carbons (Fsp3) is 0.300. The SMILES string of the molecule is BCc1cc(C(=O)OC(CS(=O)(=O)O)(C(F)(F)F)C(F)(F)F)ccc1NC(=O)OCc1ccccc1. The van der Waals surface area contributed by atoms with E-state index in [0.717, 1.165) is 18.2 Å². The first-order valence-corrected chi connectivity index (χ1v) is 11.5. The standard InChI is InChI=1S/C20H18BF6NO7S/c21-9-14-8-13(6-7-15(14)28-17(30)34-10-12-4-2-1-3-5-12)16(29)35-18(19(22,23)24,20(25,26)27)11-36(31,32)33/h1-8H,9-11,21H2,(H,28,30)(H,31,32,33). The summed E-state index contributed by atoms with van der Waals surface area (Å²) < 4.78 is 120. The van der Waals surface area contributed by atoms with Gasteiger partial charge in [0.15, 0.2) is 0 Å². The van der Waals surface area contributed by atoms with E-state index in [1.807, 2.05) is 0 Å². The van der Waals surface area contributed by atoms with E-state index in [0.29, 0.717) is 5.56 Å². The van der Waals surface area contributed by atoms with E-state index < -0.39 is 51.5 Å². The number of carbonyl (C=O) groups excluding carboxylic acids is 2. The van der Waals surface area contributed by atoms with Crippen LogP contribution in [0.3, 0.4) is 0 Å². The van der Waals surface area contributed by atoms with Crippen molar-refractivity contribution in [1.29, 1.82) is 0 Å². The fourth-order valence-corrected chi connectivity index (χ4v) is 3.85. The van der Waals surface area contributed by atoms with Crippen LogP contribution in [0.2, 0.25) is 0 Å². The van der Waals surface area contributed by atoms with Crippen molar-refractivity contribution in [3.63, 3.8) is 0 Å². The Balaban J connectivity index is 2.29. The molecule has 0 fully saturated rings. The zero-order valence-electron chi connectivity index (χ0n) is 18.3. The number of carbonyl (C=O) groups is 2. The summed E-state index contributed by atoms with van der Waals surface area (Å²) in [6.45, 7) is -0.0940. The Morgan fingerprint density at radius 3 is 2.06 bits per heavy atom. The maximum absolute atomic E-state index is 13.4. The van der Waals surface area contributed by atoms with Crippen molar-refractivity contribution in [1.82, 2.24) is 0 Å². The zero-order chi connectivity index (χ0) is 27.4. The average Bonchev–Trinajstić information content (AvgIpc) is 2.75. The molecular weight excluding hydrogens is 523 g/mol. The highest BCUT2D eigenvalue weighted by molar-refractivity contribution is 7.85. The summed E-state index contributed by atoms with van der Waals surface area (Å²) in [5.74, 6) is -5.16. The molecule has 2 aromatic rings. The number of benzene rings is 2. The van der Waals surface area contributed by atoms with E-state index >= 15 is 0 Å². The largest absolute Gasteiger partial charge is 0.444 e. The second-order valence-corrected chi connectivity index (χ2v) is 8.80. The molecule has 0 aliphatic rings. The van der Waals surface area contributed by atoms with Crippen LogP contribution >= 0.6 is 0 Å². The number of hydrogen-bond acceptors (Lipinski definition) is 6. The second-order valence-electron chi connectivity index (χ2n) is 7.35. The van der Waals surface area contributed by atoms with Gasteiger partial charge in [-0.15, -0.1) is 0 Å². The molecule has 0 radical (unpaired) electrons. The molecule has 8 nitrogen and oxygen atoms in total. The number of rotatable bonds is 8. The number of anilines is 1. The van der Waals surface area contributed by atoms with Gasteiger partial charge in [-0.2, -0.15) is 34.8 Å². The molecule has 0 aromatic heterocycles. The first kappa shape index (κ1) is 29.0. The van der Waals surface area contributed by atoms with E-state index in [-0.39, 0.29) is 24.2 Å². The molecule has 2 aromatic carbocycles. The van der Waals surface area contributed by atoms with Crippen molar-refractivity contribution >= 4 is 35.7 Å². The summed E-state index contributed by atoms with van der Waals surface area (Å²) in [6, 6.07) is 11.2. The Morgan fingerprint density at radius 2 is 1.56 bits per heavy atom. The van der Waals surface area contributed by atoms with Crippen LogP contribution in [0.1, 0.15) is 21.5 Å². The molecule has 0 saturated heterocycles. The van der Waals surface area contributed by atoms with Gasteiger partial charge in [0.05, 0.1) is 5.56 Å². The highest BCUT2D eigenvalue weighted by Crippen LogP contribution is 2.47. The van der Waals surface area contributed by atoms with E-state index in [1.165, 1.54) is 7.85 Å². The van der Waals surface area contributed by atoms with Crippen LogP contribution in [0.5, 0.6) is 0 Å². The van der Waals surface area contributed by atoms with Crippen molar-refractivity contribution in [2.24, 2.45) is 0 Å². The van der Waals surface area contributed by atoms with Crippen LogP contribution < -0.4 is 5.32 Å². The molecule has 0 heterocycles. The lowest BCUT2D eigenvalue weighted by Gasteiger charge is -2.35. The third-order valence-corrected chi connectivity index (χ3v) is 5.51. The van der Waals surface area contributed by atoms with Crippen molar-refractivity contribution in [3.8, 4) is 0 Å². The summed E-state index contributed by atoms with van der Waals surface area (Å²) in [6.07, 6.45) is -13.8. The fourth-order valence-electron chi connectivity index (χ4n) is 2.95. The molecule has 0 unspecified atom stereocenters. The summed E-state index contributed by atoms with van der Waals surface area (Å²) in [5.41, 5.74) is -5.51. The van der Waals surface area contributed by atoms with Crippen molar-refractivity contribution in [3.05, 3.63) is 65.2 Å². The lowest BCUT2D eigenvalue weighted by molar-refractivity contribution is -0.356. The molecule has 0 spiro atoms. The van der Waals surface area contributed by atoms with Gasteiger partial charge in [-0.05, 0) is 29.3 Å². The van der Waals surface area contributed by atoms with Gasteiger partial charge in [0.1, 0.15) is 20.2 Å². The maximum Gasteiger partial charge on any atom is 0.438 e. The normalized spacial score (nSPS) is 12.6. The summed E-state index contributed by atoms with van der Waals surface area (Å²) >= 11 is 0. The number of halogens is 6. The van der Waals surface area contributed by atoms with Gasteiger partial charge in [0.2, 0.25) is 0 Å². The van der Waals surface area contributed by atoms with Gasteiger partial charge in [-0.1, -0.05) is 36.7 Å². The minimum Gasteiger partial charge on any atom is -0.444 e. The highest BCUT2D eigenvalue weighted by Gasteiger charge is 2.76. The topological polar surface area (TPSA) is 119 Å². The van der Waals surface area contributed by atoms with E-state index in [2.05, 4.69) is 10.1 Å². The van der Waals surface area contributed by atoms with E-state index in [1.54, 1.807) is 30.3 Å². The van der Waals surface area contributed by atoms with E-state index in [9.17, 15) is 44.3 Å².